The first-order chi connectivity index (χ1) is 14.2. The van der Waals surface area contributed by atoms with Crippen molar-refractivity contribution in [2.75, 3.05) is 27.5 Å². The molecule has 1 amide bonds. The standard InChI is InChI=1S/C22H25N3O3S2/c1-14-5-8-17(9-6-14)25-20-13-30(27,28)12-19(20)24-22(25)29-11-21(26)23-18-10-15(2)4-7-16(18)3/h4-10,19-20H,11-13H2,1-3H3,(H,23,26)/t19-,20+/m1/s1. The molecule has 2 aliphatic rings. The summed E-state index contributed by atoms with van der Waals surface area (Å²) in [5.74, 6) is 0.262. The highest BCUT2D eigenvalue weighted by Crippen LogP contribution is 2.35. The summed E-state index contributed by atoms with van der Waals surface area (Å²) in [5, 5.41) is 3.68. The van der Waals surface area contributed by atoms with Crippen LogP contribution in [0.1, 0.15) is 16.7 Å². The third-order valence-electron chi connectivity index (χ3n) is 5.42. The Bertz CT molecular complexity index is 1110. The Morgan fingerprint density at radius 2 is 1.80 bits per heavy atom. The van der Waals surface area contributed by atoms with Gasteiger partial charge in [-0.3, -0.25) is 9.79 Å². The van der Waals surface area contributed by atoms with E-state index in [1.165, 1.54) is 11.8 Å². The fourth-order valence-electron chi connectivity index (χ4n) is 3.83. The van der Waals surface area contributed by atoms with Gasteiger partial charge in [0.15, 0.2) is 15.0 Å². The number of aryl methyl sites for hydroxylation is 3. The Balaban J connectivity index is 1.50. The van der Waals surface area contributed by atoms with Gasteiger partial charge < -0.3 is 10.2 Å². The molecular formula is C22H25N3O3S2. The first-order valence-electron chi connectivity index (χ1n) is 9.86. The van der Waals surface area contributed by atoms with Crippen molar-refractivity contribution < 1.29 is 13.2 Å². The van der Waals surface area contributed by atoms with Gasteiger partial charge in [0.2, 0.25) is 5.91 Å². The lowest BCUT2D eigenvalue weighted by Crippen LogP contribution is -2.39. The first kappa shape index (κ1) is 20.9. The third kappa shape index (κ3) is 4.39. The molecule has 2 aromatic rings. The van der Waals surface area contributed by atoms with Gasteiger partial charge in [-0.25, -0.2) is 8.42 Å². The molecule has 1 saturated heterocycles. The van der Waals surface area contributed by atoms with E-state index in [1.807, 2.05) is 68.1 Å². The number of nitrogens with one attached hydrogen (secondary N) is 1. The predicted molar refractivity (Wildman–Crippen MR) is 124 cm³/mol. The molecule has 158 valence electrons. The molecule has 0 unspecified atom stereocenters. The van der Waals surface area contributed by atoms with Gasteiger partial charge in [0, 0.05) is 11.4 Å². The maximum absolute atomic E-state index is 12.6. The molecule has 1 N–H and O–H groups in total. The normalized spacial score (nSPS) is 22.0. The van der Waals surface area contributed by atoms with E-state index >= 15 is 0 Å². The number of carbonyl (C=O) groups is 1. The van der Waals surface area contributed by atoms with E-state index in [0.29, 0.717) is 5.17 Å². The summed E-state index contributed by atoms with van der Waals surface area (Å²) in [6.07, 6.45) is 0. The Morgan fingerprint density at radius 3 is 2.53 bits per heavy atom. The van der Waals surface area contributed by atoms with Crippen LogP contribution in [0.2, 0.25) is 0 Å². The van der Waals surface area contributed by atoms with Crippen LogP contribution in [0.4, 0.5) is 11.4 Å². The van der Waals surface area contributed by atoms with Crippen molar-refractivity contribution in [2.45, 2.75) is 32.9 Å². The van der Waals surface area contributed by atoms with Gasteiger partial charge in [0.25, 0.3) is 0 Å². The SMILES string of the molecule is Cc1ccc(N2C(SCC(=O)Nc3cc(C)ccc3C)=N[C@@H]3CS(=O)(=O)C[C@@H]32)cc1. The topological polar surface area (TPSA) is 78.8 Å². The van der Waals surface area contributed by atoms with Gasteiger partial charge in [-0.15, -0.1) is 0 Å². The Kier molecular flexibility index (Phi) is 5.63. The minimum absolute atomic E-state index is 0.0682. The van der Waals surface area contributed by atoms with Crippen molar-refractivity contribution in [2.24, 2.45) is 4.99 Å². The van der Waals surface area contributed by atoms with Crippen molar-refractivity contribution in [3.63, 3.8) is 0 Å². The lowest BCUT2D eigenvalue weighted by Gasteiger charge is -2.26. The predicted octanol–water partition coefficient (Wildman–Crippen LogP) is 3.33. The molecule has 0 bridgehead atoms. The Morgan fingerprint density at radius 1 is 1.10 bits per heavy atom. The monoisotopic (exact) mass is 443 g/mol. The van der Waals surface area contributed by atoms with Gasteiger partial charge in [0.1, 0.15) is 0 Å². The van der Waals surface area contributed by atoms with Crippen LogP contribution in [-0.4, -0.2) is 48.8 Å². The highest BCUT2D eigenvalue weighted by Gasteiger charge is 2.47. The number of hydrogen-bond donors (Lipinski definition) is 1. The van der Waals surface area contributed by atoms with Gasteiger partial charge in [-0.05, 0) is 50.1 Å². The van der Waals surface area contributed by atoms with Gasteiger partial charge in [-0.2, -0.15) is 0 Å². The largest absolute Gasteiger partial charge is 0.325 e. The summed E-state index contributed by atoms with van der Waals surface area (Å²) in [6.45, 7) is 5.96. The van der Waals surface area contributed by atoms with Gasteiger partial charge >= 0.3 is 0 Å². The summed E-state index contributed by atoms with van der Waals surface area (Å²) in [6, 6.07) is 13.4. The average Bonchev–Trinajstić information content (AvgIpc) is 3.15. The molecule has 2 atom stereocenters. The number of aliphatic imine (C=N–C) groups is 1. The molecule has 4 rings (SSSR count). The second-order valence-electron chi connectivity index (χ2n) is 7.98. The molecule has 0 saturated carbocycles. The highest BCUT2D eigenvalue weighted by atomic mass is 32.2. The first-order valence-corrected chi connectivity index (χ1v) is 12.7. The number of sulfone groups is 1. The van der Waals surface area contributed by atoms with Gasteiger partial charge in [0.05, 0.1) is 29.3 Å². The minimum atomic E-state index is -3.10. The summed E-state index contributed by atoms with van der Waals surface area (Å²) >= 11 is 1.35. The van der Waals surface area contributed by atoms with Crippen LogP contribution in [0.5, 0.6) is 0 Å². The molecular weight excluding hydrogens is 418 g/mol. The molecule has 2 heterocycles. The number of hydrogen-bond acceptors (Lipinski definition) is 6. The second-order valence-corrected chi connectivity index (χ2v) is 11.1. The van der Waals surface area contributed by atoms with Crippen LogP contribution in [0.15, 0.2) is 47.5 Å². The number of carbonyl (C=O) groups excluding carboxylic acids is 1. The van der Waals surface area contributed by atoms with Crippen molar-refractivity contribution in [3.8, 4) is 0 Å². The van der Waals surface area contributed by atoms with E-state index < -0.39 is 9.84 Å². The van der Waals surface area contributed by atoms with E-state index in [0.717, 1.165) is 28.1 Å². The maximum Gasteiger partial charge on any atom is 0.234 e. The van der Waals surface area contributed by atoms with Crippen LogP contribution in [0, 0.1) is 20.8 Å². The fraction of sp³-hybridized carbons (Fsp3) is 0.364. The number of amidine groups is 1. The van der Waals surface area contributed by atoms with Crippen molar-refractivity contribution in [3.05, 3.63) is 59.2 Å². The van der Waals surface area contributed by atoms with E-state index in [4.69, 9.17) is 0 Å². The zero-order valence-corrected chi connectivity index (χ0v) is 18.9. The van der Waals surface area contributed by atoms with E-state index in [9.17, 15) is 13.2 Å². The quantitative estimate of drug-likeness (QED) is 0.784. The Labute approximate surface area is 181 Å². The van der Waals surface area contributed by atoms with Crippen molar-refractivity contribution in [1.29, 1.82) is 0 Å². The lowest BCUT2D eigenvalue weighted by molar-refractivity contribution is -0.113. The third-order valence-corrected chi connectivity index (χ3v) is 8.08. The summed E-state index contributed by atoms with van der Waals surface area (Å²) < 4.78 is 24.3. The average molecular weight is 444 g/mol. The molecule has 30 heavy (non-hydrogen) atoms. The lowest BCUT2D eigenvalue weighted by atomic mass is 10.1. The van der Waals surface area contributed by atoms with Gasteiger partial charge in [-0.1, -0.05) is 41.6 Å². The fourth-order valence-corrected chi connectivity index (χ4v) is 6.59. The van der Waals surface area contributed by atoms with Crippen LogP contribution in [0.25, 0.3) is 0 Å². The molecule has 6 nitrogen and oxygen atoms in total. The van der Waals surface area contributed by atoms with Crippen molar-refractivity contribution in [1.82, 2.24) is 0 Å². The maximum atomic E-state index is 12.6. The molecule has 2 aliphatic heterocycles. The summed E-state index contributed by atoms with van der Waals surface area (Å²) in [5.41, 5.74) is 4.95. The van der Waals surface area contributed by atoms with Crippen LogP contribution in [-0.2, 0) is 14.6 Å². The highest BCUT2D eigenvalue weighted by molar-refractivity contribution is 8.14. The Hall–Kier alpha value is -2.32. The number of nitrogens with zero attached hydrogens (tertiary/aromatic N) is 2. The number of benzene rings is 2. The smallest absolute Gasteiger partial charge is 0.234 e. The number of fused-ring (bicyclic) bond motifs is 1. The van der Waals surface area contributed by atoms with Crippen LogP contribution >= 0.6 is 11.8 Å². The number of rotatable bonds is 4. The van der Waals surface area contributed by atoms with Crippen LogP contribution in [0.3, 0.4) is 0 Å². The molecule has 1 fully saturated rings. The second kappa shape index (κ2) is 8.07. The number of anilines is 2. The van der Waals surface area contributed by atoms with Crippen LogP contribution < -0.4 is 10.2 Å². The van der Waals surface area contributed by atoms with E-state index in [2.05, 4.69) is 10.3 Å². The van der Waals surface area contributed by atoms with Crippen molar-refractivity contribution >= 4 is 44.0 Å². The van der Waals surface area contributed by atoms with E-state index in [1.54, 1.807) is 0 Å². The summed E-state index contributed by atoms with van der Waals surface area (Å²) in [7, 11) is -3.10. The number of amides is 1. The minimum Gasteiger partial charge on any atom is -0.325 e. The molecule has 0 radical (unpaired) electrons. The van der Waals surface area contributed by atoms with E-state index in [-0.39, 0.29) is 35.2 Å². The molecule has 8 heteroatoms. The number of thioether (sulfide) groups is 1. The molecule has 2 aromatic carbocycles. The molecule has 0 aliphatic carbocycles. The molecule has 0 aromatic heterocycles. The summed E-state index contributed by atoms with van der Waals surface area (Å²) in [4.78, 5) is 19.2. The zero-order chi connectivity index (χ0) is 21.5. The molecule has 0 spiro atoms. The zero-order valence-electron chi connectivity index (χ0n) is 17.3.